The van der Waals surface area contributed by atoms with Crippen LogP contribution in [0.1, 0.15) is 12.8 Å². The van der Waals surface area contributed by atoms with Crippen LogP contribution < -0.4 is 15.4 Å². The molecule has 0 unspecified atom stereocenters. The highest BCUT2D eigenvalue weighted by atomic mass is 16.5. The molecule has 0 radical (unpaired) electrons. The highest BCUT2D eigenvalue weighted by Gasteiger charge is 2.30. The first kappa shape index (κ1) is 19.0. The van der Waals surface area contributed by atoms with Crippen molar-refractivity contribution in [2.75, 3.05) is 24.8 Å². The van der Waals surface area contributed by atoms with Crippen LogP contribution in [0.3, 0.4) is 0 Å². The van der Waals surface area contributed by atoms with E-state index in [-0.39, 0.29) is 11.8 Å². The van der Waals surface area contributed by atoms with Gasteiger partial charge in [-0.15, -0.1) is 5.10 Å². The molecule has 1 aliphatic rings. The highest BCUT2D eigenvalue weighted by molar-refractivity contribution is 5.97. The molecular formula is C21H22N8O2. The monoisotopic (exact) mass is 418 g/mol. The lowest BCUT2D eigenvalue weighted by molar-refractivity contribution is -0.117. The van der Waals surface area contributed by atoms with Gasteiger partial charge < -0.3 is 15.4 Å². The number of aromatic nitrogens is 6. The Morgan fingerprint density at radius 3 is 2.74 bits per heavy atom. The van der Waals surface area contributed by atoms with Crippen molar-refractivity contribution in [3.05, 3.63) is 36.8 Å². The summed E-state index contributed by atoms with van der Waals surface area (Å²) < 4.78 is 9.19. The quantitative estimate of drug-likeness (QED) is 0.495. The summed E-state index contributed by atoms with van der Waals surface area (Å²) in [4.78, 5) is 21.0. The van der Waals surface area contributed by atoms with Gasteiger partial charge in [-0.2, -0.15) is 5.10 Å². The van der Waals surface area contributed by atoms with Gasteiger partial charge in [-0.05, 0) is 25.0 Å². The van der Waals surface area contributed by atoms with Gasteiger partial charge in [0.2, 0.25) is 5.91 Å². The fourth-order valence-corrected chi connectivity index (χ4v) is 3.57. The van der Waals surface area contributed by atoms with Crippen LogP contribution in [0.5, 0.6) is 5.75 Å². The number of fused-ring (bicyclic) bond motifs is 1. The summed E-state index contributed by atoms with van der Waals surface area (Å²) in [6.45, 7) is 0. The summed E-state index contributed by atoms with van der Waals surface area (Å²) >= 11 is 0. The van der Waals surface area contributed by atoms with Crippen LogP contribution in [0.15, 0.2) is 36.8 Å². The van der Waals surface area contributed by atoms with Crippen molar-refractivity contribution in [2.24, 2.45) is 13.0 Å². The van der Waals surface area contributed by atoms with Gasteiger partial charge in [0, 0.05) is 32.3 Å². The average molecular weight is 418 g/mol. The van der Waals surface area contributed by atoms with E-state index in [1.165, 1.54) is 0 Å². The molecule has 1 saturated carbocycles. The number of hydrogen-bond donors (Lipinski definition) is 2. The van der Waals surface area contributed by atoms with Crippen molar-refractivity contribution >= 4 is 28.4 Å². The fraction of sp³-hybridized carbons (Fsp3) is 0.286. The van der Waals surface area contributed by atoms with Crippen molar-refractivity contribution in [1.82, 2.24) is 29.5 Å². The number of aryl methyl sites for hydroxylation is 1. The number of nitrogens with zero attached hydrogens (tertiary/aromatic N) is 6. The second kappa shape index (κ2) is 7.38. The van der Waals surface area contributed by atoms with E-state index in [2.05, 4.69) is 25.7 Å². The third-order valence-corrected chi connectivity index (χ3v) is 5.27. The molecule has 1 fully saturated rings. The van der Waals surface area contributed by atoms with Gasteiger partial charge in [-0.1, -0.05) is 6.07 Å². The zero-order chi connectivity index (χ0) is 21.5. The van der Waals surface area contributed by atoms with Crippen molar-refractivity contribution in [1.29, 1.82) is 0 Å². The molecule has 0 atom stereocenters. The number of anilines is 2. The number of carbonyl (C=O) groups is 1. The Kier molecular flexibility index (Phi) is 4.54. The number of methoxy groups -OCH3 is 1. The zero-order valence-electron chi connectivity index (χ0n) is 17.5. The smallest absolute Gasteiger partial charge is 0.228 e. The minimum atomic E-state index is 0.00700. The molecule has 3 heterocycles. The van der Waals surface area contributed by atoms with E-state index in [0.717, 1.165) is 35.0 Å². The summed E-state index contributed by atoms with van der Waals surface area (Å²) in [5, 5.41) is 16.0. The lowest BCUT2D eigenvalue weighted by Gasteiger charge is -2.13. The lowest BCUT2D eigenvalue weighted by Crippen LogP contribution is -2.14. The van der Waals surface area contributed by atoms with Crippen LogP contribution in [-0.4, -0.2) is 49.6 Å². The molecule has 0 spiro atoms. The summed E-state index contributed by atoms with van der Waals surface area (Å²) in [5.74, 6) is 2.43. The molecule has 1 aromatic carbocycles. The Morgan fingerprint density at radius 1 is 1.23 bits per heavy atom. The Morgan fingerprint density at radius 2 is 2.06 bits per heavy atom. The average Bonchev–Trinajstić information content (AvgIpc) is 3.45. The first-order chi connectivity index (χ1) is 15.1. The first-order valence-corrected chi connectivity index (χ1v) is 10.00. The van der Waals surface area contributed by atoms with Gasteiger partial charge in [-0.3, -0.25) is 9.48 Å². The van der Waals surface area contributed by atoms with E-state index in [4.69, 9.17) is 9.84 Å². The predicted molar refractivity (Wildman–Crippen MR) is 116 cm³/mol. The largest absolute Gasteiger partial charge is 0.494 e. The summed E-state index contributed by atoms with van der Waals surface area (Å²) in [6.07, 6.45) is 5.22. The molecule has 1 aliphatic carbocycles. The SMILES string of the molecule is CNc1nn(-c2cccc(-c3ncn(C)n3)c2OC)c2cc(NC(=O)C3CC3)ncc12. The number of benzene rings is 1. The van der Waals surface area contributed by atoms with Crippen LogP contribution in [0.2, 0.25) is 0 Å². The third-order valence-electron chi connectivity index (χ3n) is 5.27. The van der Waals surface area contributed by atoms with E-state index in [0.29, 0.717) is 23.2 Å². The van der Waals surface area contributed by atoms with Crippen molar-refractivity contribution in [2.45, 2.75) is 12.8 Å². The van der Waals surface area contributed by atoms with E-state index in [1.807, 2.05) is 31.3 Å². The fourth-order valence-electron chi connectivity index (χ4n) is 3.57. The highest BCUT2D eigenvalue weighted by Crippen LogP contribution is 2.36. The molecule has 0 saturated heterocycles. The topological polar surface area (TPSA) is 112 Å². The Labute approximate surface area is 178 Å². The van der Waals surface area contributed by atoms with E-state index < -0.39 is 0 Å². The molecular weight excluding hydrogens is 396 g/mol. The third kappa shape index (κ3) is 3.35. The minimum Gasteiger partial charge on any atom is -0.494 e. The standard InChI is InChI=1S/C21H22N8O2/c1-22-19-14-10-23-17(25-21(30)12-7-8-12)9-16(14)29(27-19)15-6-4-5-13(18(15)31-3)20-24-11-28(2)26-20/h4-6,9-12H,7-8H2,1-3H3,(H,22,27)(H,23,25,30). The number of amides is 1. The summed E-state index contributed by atoms with van der Waals surface area (Å²) in [5.41, 5.74) is 2.27. The Balaban J connectivity index is 1.66. The van der Waals surface area contributed by atoms with Gasteiger partial charge in [0.15, 0.2) is 17.4 Å². The zero-order valence-corrected chi connectivity index (χ0v) is 17.5. The van der Waals surface area contributed by atoms with Crippen molar-refractivity contribution in [3.63, 3.8) is 0 Å². The normalized spacial score (nSPS) is 13.4. The molecule has 10 nitrogen and oxygen atoms in total. The maximum absolute atomic E-state index is 12.2. The molecule has 2 N–H and O–H groups in total. The number of nitrogens with one attached hydrogen (secondary N) is 2. The predicted octanol–water partition coefficient (Wildman–Crippen LogP) is 2.61. The van der Waals surface area contributed by atoms with Gasteiger partial charge >= 0.3 is 0 Å². The van der Waals surface area contributed by atoms with Crippen LogP contribution in [0, 0.1) is 5.92 Å². The Hall–Kier alpha value is -3.95. The first-order valence-electron chi connectivity index (χ1n) is 10.00. The number of hydrogen-bond acceptors (Lipinski definition) is 7. The maximum atomic E-state index is 12.2. The maximum Gasteiger partial charge on any atom is 0.228 e. The minimum absolute atomic E-state index is 0.00700. The molecule has 4 aromatic rings. The van der Waals surface area contributed by atoms with E-state index in [9.17, 15) is 4.79 Å². The second-order valence-corrected chi connectivity index (χ2v) is 7.46. The lowest BCUT2D eigenvalue weighted by atomic mass is 10.1. The molecule has 0 bridgehead atoms. The Bertz CT molecular complexity index is 1290. The van der Waals surface area contributed by atoms with Crippen LogP contribution in [0.25, 0.3) is 28.0 Å². The van der Waals surface area contributed by atoms with Gasteiger partial charge in [0.25, 0.3) is 0 Å². The van der Waals surface area contributed by atoms with Gasteiger partial charge in [0.05, 0.1) is 23.6 Å². The van der Waals surface area contributed by atoms with Gasteiger partial charge in [0.1, 0.15) is 17.8 Å². The van der Waals surface area contributed by atoms with Crippen molar-refractivity contribution in [3.8, 4) is 22.8 Å². The van der Waals surface area contributed by atoms with E-state index >= 15 is 0 Å². The molecule has 1 amide bonds. The molecule has 0 aliphatic heterocycles. The molecule has 158 valence electrons. The van der Waals surface area contributed by atoms with Gasteiger partial charge in [-0.25, -0.2) is 14.6 Å². The van der Waals surface area contributed by atoms with Crippen LogP contribution in [-0.2, 0) is 11.8 Å². The van der Waals surface area contributed by atoms with Crippen molar-refractivity contribution < 1.29 is 9.53 Å². The number of rotatable bonds is 6. The number of ether oxygens (including phenoxy) is 1. The summed E-state index contributed by atoms with van der Waals surface area (Å²) in [7, 11) is 5.23. The molecule has 3 aromatic heterocycles. The van der Waals surface area contributed by atoms with E-state index in [1.54, 1.807) is 36.0 Å². The number of carbonyl (C=O) groups excluding carboxylic acids is 1. The molecule has 10 heteroatoms. The van der Waals surface area contributed by atoms with Crippen LogP contribution in [0.4, 0.5) is 11.6 Å². The van der Waals surface area contributed by atoms with Crippen LogP contribution >= 0.6 is 0 Å². The summed E-state index contributed by atoms with van der Waals surface area (Å²) in [6, 6.07) is 7.56. The second-order valence-electron chi connectivity index (χ2n) is 7.46. The molecule has 31 heavy (non-hydrogen) atoms. The number of para-hydroxylation sites is 1. The molecule has 5 rings (SSSR count). The number of pyridine rings is 1.